The summed E-state index contributed by atoms with van der Waals surface area (Å²) in [7, 11) is 0. The van der Waals surface area contributed by atoms with E-state index in [0.29, 0.717) is 18.2 Å². The van der Waals surface area contributed by atoms with Crippen LogP contribution in [-0.4, -0.2) is 9.55 Å². The molecule has 106 valence electrons. The van der Waals surface area contributed by atoms with Gasteiger partial charge in [0.15, 0.2) is 0 Å². The third-order valence-corrected chi connectivity index (χ3v) is 2.99. The molecule has 0 amide bonds. The SMILES string of the molecule is Cc1ccc(C)c(Oc2nccn(CC(C)C)c2=O)c1. The molecule has 0 N–H and O–H groups in total. The van der Waals surface area contributed by atoms with Crippen molar-refractivity contribution in [1.29, 1.82) is 0 Å². The molecule has 0 spiro atoms. The maximum Gasteiger partial charge on any atom is 0.313 e. The second-order valence-corrected chi connectivity index (χ2v) is 5.45. The van der Waals surface area contributed by atoms with Crippen molar-refractivity contribution in [2.75, 3.05) is 0 Å². The second-order valence-electron chi connectivity index (χ2n) is 5.45. The van der Waals surface area contributed by atoms with E-state index in [1.54, 1.807) is 17.0 Å². The number of benzene rings is 1. The normalized spacial score (nSPS) is 10.8. The van der Waals surface area contributed by atoms with Crippen LogP contribution in [0, 0.1) is 19.8 Å². The molecule has 1 heterocycles. The van der Waals surface area contributed by atoms with Crippen LogP contribution in [0.3, 0.4) is 0 Å². The van der Waals surface area contributed by atoms with Crippen LogP contribution in [0.1, 0.15) is 25.0 Å². The summed E-state index contributed by atoms with van der Waals surface area (Å²) in [4.78, 5) is 16.3. The number of ether oxygens (including phenoxy) is 1. The lowest BCUT2D eigenvalue weighted by molar-refractivity contribution is 0.430. The van der Waals surface area contributed by atoms with Gasteiger partial charge in [0.05, 0.1) is 0 Å². The highest BCUT2D eigenvalue weighted by atomic mass is 16.5. The molecule has 0 saturated heterocycles. The summed E-state index contributed by atoms with van der Waals surface area (Å²) >= 11 is 0. The lowest BCUT2D eigenvalue weighted by atomic mass is 10.1. The Morgan fingerprint density at radius 3 is 2.75 bits per heavy atom. The van der Waals surface area contributed by atoms with E-state index < -0.39 is 0 Å². The zero-order chi connectivity index (χ0) is 14.7. The standard InChI is InChI=1S/C16H20N2O2/c1-11(2)10-18-8-7-17-15(16(18)19)20-14-9-12(3)5-6-13(14)4/h5-9,11H,10H2,1-4H3. The van der Waals surface area contributed by atoms with Crippen LogP contribution in [-0.2, 0) is 6.54 Å². The van der Waals surface area contributed by atoms with Crippen LogP contribution >= 0.6 is 0 Å². The highest BCUT2D eigenvalue weighted by Gasteiger charge is 2.10. The van der Waals surface area contributed by atoms with E-state index in [-0.39, 0.29) is 11.4 Å². The molecule has 4 nitrogen and oxygen atoms in total. The Bertz CT molecular complexity index is 660. The molecule has 2 aromatic rings. The number of nitrogens with zero attached hydrogens (tertiary/aromatic N) is 2. The highest BCUT2D eigenvalue weighted by molar-refractivity contribution is 5.38. The van der Waals surface area contributed by atoms with Crippen molar-refractivity contribution >= 4 is 0 Å². The van der Waals surface area contributed by atoms with Crippen LogP contribution in [0.15, 0.2) is 35.4 Å². The van der Waals surface area contributed by atoms with Crippen molar-refractivity contribution < 1.29 is 4.74 Å². The third-order valence-electron chi connectivity index (χ3n) is 2.99. The molecule has 0 atom stereocenters. The van der Waals surface area contributed by atoms with Crippen LogP contribution < -0.4 is 10.3 Å². The third kappa shape index (κ3) is 3.26. The summed E-state index contributed by atoms with van der Waals surface area (Å²) < 4.78 is 7.34. The van der Waals surface area contributed by atoms with E-state index in [1.165, 1.54) is 0 Å². The zero-order valence-electron chi connectivity index (χ0n) is 12.4. The fourth-order valence-electron chi connectivity index (χ4n) is 1.96. The van der Waals surface area contributed by atoms with Gasteiger partial charge in [-0.15, -0.1) is 0 Å². The van der Waals surface area contributed by atoms with Crippen LogP contribution in [0.4, 0.5) is 0 Å². The molecule has 0 fully saturated rings. The molecule has 1 aromatic heterocycles. The van der Waals surface area contributed by atoms with Crippen molar-refractivity contribution in [2.45, 2.75) is 34.2 Å². The number of aromatic nitrogens is 2. The molecule has 0 unspecified atom stereocenters. The molecule has 4 heteroatoms. The van der Waals surface area contributed by atoms with Gasteiger partial charge in [-0.25, -0.2) is 4.98 Å². The lowest BCUT2D eigenvalue weighted by Crippen LogP contribution is -2.23. The molecule has 0 aliphatic rings. The molecular weight excluding hydrogens is 252 g/mol. The molecule has 0 saturated carbocycles. The Morgan fingerprint density at radius 2 is 2.05 bits per heavy atom. The largest absolute Gasteiger partial charge is 0.434 e. The molecule has 20 heavy (non-hydrogen) atoms. The van der Waals surface area contributed by atoms with Gasteiger partial charge in [0.25, 0.3) is 5.88 Å². The van der Waals surface area contributed by atoms with Gasteiger partial charge in [0, 0.05) is 18.9 Å². The van der Waals surface area contributed by atoms with Crippen molar-refractivity contribution in [3.63, 3.8) is 0 Å². The van der Waals surface area contributed by atoms with E-state index in [1.807, 2.05) is 32.0 Å². The molecule has 2 rings (SSSR count). The van der Waals surface area contributed by atoms with Gasteiger partial charge in [0.2, 0.25) is 0 Å². The molecule has 1 aromatic carbocycles. The van der Waals surface area contributed by atoms with E-state index in [9.17, 15) is 4.79 Å². The first-order chi connectivity index (χ1) is 9.47. The first-order valence-corrected chi connectivity index (χ1v) is 6.78. The van der Waals surface area contributed by atoms with Gasteiger partial charge in [0.1, 0.15) is 5.75 Å². The van der Waals surface area contributed by atoms with Gasteiger partial charge in [-0.3, -0.25) is 4.79 Å². The van der Waals surface area contributed by atoms with Gasteiger partial charge in [-0.2, -0.15) is 0 Å². The average Bonchev–Trinajstić information content (AvgIpc) is 2.38. The van der Waals surface area contributed by atoms with Crippen molar-refractivity contribution in [1.82, 2.24) is 9.55 Å². The zero-order valence-corrected chi connectivity index (χ0v) is 12.4. The van der Waals surface area contributed by atoms with Crippen LogP contribution in [0.5, 0.6) is 11.6 Å². The summed E-state index contributed by atoms with van der Waals surface area (Å²) in [5.41, 5.74) is 1.88. The van der Waals surface area contributed by atoms with E-state index in [0.717, 1.165) is 11.1 Å². The summed E-state index contributed by atoms with van der Waals surface area (Å²) in [5.74, 6) is 1.20. The molecule has 0 bridgehead atoms. The maximum atomic E-state index is 12.3. The summed E-state index contributed by atoms with van der Waals surface area (Å²) in [6, 6.07) is 5.90. The van der Waals surface area contributed by atoms with E-state index in [2.05, 4.69) is 18.8 Å². The number of hydrogen-bond donors (Lipinski definition) is 0. The quantitative estimate of drug-likeness (QED) is 0.857. The number of aryl methyl sites for hydroxylation is 2. The van der Waals surface area contributed by atoms with Crippen molar-refractivity contribution in [3.05, 3.63) is 52.1 Å². The van der Waals surface area contributed by atoms with Gasteiger partial charge < -0.3 is 9.30 Å². The Kier molecular flexibility index (Phi) is 4.23. The fraction of sp³-hybridized carbons (Fsp3) is 0.375. The maximum absolute atomic E-state index is 12.3. The predicted octanol–water partition coefficient (Wildman–Crippen LogP) is 3.31. The average molecular weight is 272 g/mol. The number of hydrogen-bond acceptors (Lipinski definition) is 3. The Balaban J connectivity index is 2.34. The van der Waals surface area contributed by atoms with Gasteiger partial charge in [-0.1, -0.05) is 26.0 Å². The van der Waals surface area contributed by atoms with Gasteiger partial charge >= 0.3 is 5.56 Å². The minimum atomic E-state index is -0.192. The van der Waals surface area contributed by atoms with Crippen molar-refractivity contribution in [3.8, 4) is 11.6 Å². The van der Waals surface area contributed by atoms with Crippen LogP contribution in [0.25, 0.3) is 0 Å². The summed E-state index contributed by atoms with van der Waals surface area (Å²) in [5, 5.41) is 0. The topological polar surface area (TPSA) is 44.1 Å². The fourth-order valence-corrected chi connectivity index (χ4v) is 1.96. The number of rotatable bonds is 4. The van der Waals surface area contributed by atoms with E-state index in [4.69, 9.17) is 4.74 Å². The van der Waals surface area contributed by atoms with Crippen molar-refractivity contribution in [2.24, 2.45) is 5.92 Å². The molecular formula is C16H20N2O2. The van der Waals surface area contributed by atoms with Gasteiger partial charge in [-0.05, 0) is 37.0 Å². The summed E-state index contributed by atoms with van der Waals surface area (Å²) in [6.07, 6.45) is 3.29. The first kappa shape index (κ1) is 14.3. The van der Waals surface area contributed by atoms with Crippen LogP contribution in [0.2, 0.25) is 0 Å². The molecule has 0 aliphatic carbocycles. The lowest BCUT2D eigenvalue weighted by Gasteiger charge is -2.11. The van der Waals surface area contributed by atoms with E-state index >= 15 is 0 Å². The molecule has 0 aliphatic heterocycles. The molecule has 0 radical (unpaired) electrons. The Labute approximate surface area is 119 Å². The highest BCUT2D eigenvalue weighted by Crippen LogP contribution is 2.22. The monoisotopic (exact) mass is 272 g/mol. The summed E-state index contributed by atoms with van der Waals surface area (Å²) in [6.45, 7) is 8.73. The smallest absolute Gasteiger partial charge is 0.313 e. The Hall–Kier alpha value is -2.10. The first-order valence-electron chi connectivity index (χ1n) is 6.78. The second kappa shape index (κ2) is 5.90. The minimum Gasteiger partial charge on any atom is -0.434 e. The predicted molar refractivity (Wildman–Crippen MR) is 79.3 cm³/mol. The Morgan fingerprint density at radius 1 is 1.30 bits per heavy atom. The minimum absolute atomic E-state index is 0.127.